The highest BCUT2D eigenvalue weighted by molar-refractivity contribution is 5.68. The first-order chi connectivity index (χ1) is 15.7. The number of piperidine rings is 1. The van der Waals surface area contributed by atoms with Crippen LogP contribution in [0.2, 0.25) is 0 Å². The van der Waals surface area contributed by atoms with Crippen molar-refractivity contribution in [3.05, 3.63) is 0 Å². The number of hydrogen-bond acceptors (Lipinski definition) is 8. The molecule has 0 aromatic carbocycles. The Kier molecular flexibility index (Phi) is 6.30. The third-order valence-corrected chi connectivity index (χ3v) is 8.82. The Balaban J connectivity index is 0.981. The average molecular weight is 450 g/mol. The SMILES string of the molecule is O=C(OC1CCC1)N1CCC(C2NNC(C3CCC4CNN(C5CCOC5)C4C3)O2)CC1. The smallest absolute Gasteiger partial charge is 0.410 e. The number of nitrogens with one attached hydrogen (secondary N) is 3. The van der Waals surface area contributed by atoms with Crippen LogP contribution in [0.25, 0.3) is 0 Å². The number of ether oxygens (including phenoxy) is 3. The Labute approximate surface area is 190 Å². The standard InChI is InChI=1S/C23H39N5O4/c29-23(31-19-2-1-3-19)27-9-6-15(7-10-27)21-25-26-22(32-21)16-4-5-17-13-24-28(20(17)12-16)18-8-11-30-14-18/h15-22,24-26H,1-14H2. The lowest BCUT2D eigenvalue weighted by Gasteiger charge is -2.39. The second-order valence-corrected chi connectivity index (χ2v) is 10.7. The summed E-state index contributed by atoms with van der Waals surface area (Å²) in [6, 6.07) is 1.11. The molecule has 2 saturated carbocycles. The van der Waals surface area contributed by atoms with Crippen molar-refractivity contribution in [2.24, 2.45) is 17.8 Å². The van der Waals surface area contributed by atoms with Crippen LogP contribution in [0, 0.1) is 17.8 Å². The van der Waals surface area contributed by atoms with Gasteiger partial charge in [0.1, 0.15) is 18.6 Å². The molecule has 9 nitrogen and oxygen atoms in total. The topological polar surface area (TPSA) is 87.3 Å². The minimum absolute atomic E-state index is 0.0311. The molecule has 6 atom stereocenters. The van der Waals surface area contributed by atoms with Gasteiger partial charge in [0, 0.05) is 44.1 Å². The molecule has 4 aliphatic heterocycles. The Morgan fingerprint density at radius 2 is 1.69 bits per heavy atom. The highest BCUT2D eigenvalue weighted by atomic mass is 16.6. The average Bonchev–Trinajstić information content (AvgIpc) is 3.56. The predicted octanol–water partition coefficient (Wildman–Crippen LogP) is 1.56. The molecule has 0 radical (unpaired) electrons. The van der Waals surface area contributed by atoms with Gasteiger partial charge in [-0.15, -0.1) is 0 Å². The maximum Gasteiger partial charge on any atom is 0.410 e. The van der Waals surface area contributed by atoms with Gasteiger partial charge >= 0.3 is 6.09 Å². The molecule has 180 valence electrons. The quantitative estimate of drug-likeness (QED) is 0.596. The number of hydrogen-bond donors (Lipinski definition) is 3. The Morgan fingerprint density at radius 1 is 0.906 bits per heavy atom. The first-order valence-electron chi connectivity index (χ1n) is 13.0. The zero-order valence-electron chi connectivity index (χ0n) is 19.0. The second-order valence-electron chi connectivity index (χ2n) is 10.7. The van der Waals surface area contributed by atoms with Crippen LogP contribution in [0.5, 0.6) is 0 Å². The number of fused-ring (bicyclic) bond motifs is 1. The number of carbonyl (C=O) groups excluding carboxylic acids is 1. The molecule has 0 spiro atoms. The summed E-state index contributed by atoms with van der Waals surface area (Å²) in [4.78, 5) is 14.2. The van der Waals surface area contributed by atoms with E-state index in [0.717, 1.165) is 70.9 Å². The molecule has 0 bridgehead atoms. The molecular formula is C23H39N5O4. The van der Waals surface area contributed by atoms with Crippen molar-refractivity contribution in [3.8, 4) is 0 Å². The summed E-state index contributed by atoms with van der Waals surface area (Å²) in [5.74, 6) is 1.70. The maximum atomic E-state index is 12.3. The minimum atomic E-state index is -0.122. The normalized spacial score (nSPS) is 41.6. The van der Waals surface area contributed by atoms with Crippen LogP contribution in [-0.2, 0) is 14.2 Å². The van der Waals surface area contributed by atoms with E-state index in [1.807, 2.05) is 4.90 Å². The van der Waals surface area contributed by atoms with Crippen molar-refractivity contribution in [2.75, 3.05) is 32.8 Å². The first-order valence-corrected chi connectivity index (χ1v) is 13.0. The summed E-state index contributed by atoms with van der Waals surface area (Å²) in [5, 5.41) is 2.52. The zero-order valence-corrected chi connectivity index (χ0v) is 19.0. The van der Waals surface area contributed by atoms with Gasteiger partial charge in [0.15, 0.2) is 0 Å². The monoisotopic (exact) mass is 449 g/mol. The van der Waals surface area contributed by atoms with Crippen LogP contribution < -0.4 is 16.3 Å². The summed E-state index contributed by atoms with van der Waals surface area (Å²) in [7, 11) is 0. The highest BCUT2D eigenvalue weighted by Crippen LogP contribution is 2.39. The Bertz CT molecular complexity index is 665. The number of amides is 1. The van der Waals surface area contributed by atoms with E-state index in [1.165, 1.54) is 25.7 Å². The molecule has 32 heavy (non-hydrogen) atoms. The number of likely N-dealkylation sites (tertiary alicyclic amines) is 1. The lowest BCUT2D eigenvalue weighted by Crippen LogP contribution is -2.50. The fourth-order valence-corrected chi connectivity index (χ4v) is 6.51. The van der Waals surface area contributed by atoms with Crippen molar-refractivity contribution in [1.82, 2.24) is 26.2 Å². The molecule has 4 heterocycles. The van der Waals surface area contributed by atoms with E-state index in [-0.39, 0.29) is 24.7 Å². The van der Waals surface area contributed by atoms with Crippen LogP contribution in [0.3, 0.4) is 0 Å². The number of nitrogens with zero attached hydrogens (tertiary/aromatic N) is 2. The molecule has 1 amide bonds. The van der Waals surface area contributed by atoms with E-state index in [2.05, 4.69) is 21.3 Å². The number of rotatable bonds is 4. The van der Waals surface area contributed by atoms with Crippen LogP contribution in [0.1, 0.15) is 57.8 Å². The fourth-order valence-electron chi connectivity index (χ4n) is 6.51. The second kappa shape index (κ2) is 9.35. The molecule has 6 rings (SSSR count). The summed E-state index contributed by atoms with van der Waals surface area (Å²) >= 11 is 0. The van der Waals surface area contributed by atoms with Gasteiger partial charge in [-0.2, -0.15) is 0 Å². The van der Waals surface area contributed by atoms with Gasteiger partial charge in [0.2, 0.25) is 0 Å². The summed E-state index contributed by atoms with van der Waals surface area (Å²) in [6.45, 7) is 4.38. The van der Waals surface area contributed by atoms with E-state index >= 15 is 0 Å². The predicted molar refractivity (Wildman–Crippen MR) is 117 cm³/mol. The van der Waals surface area contributed by atoms with E-state index in [4.69, 9.17) is 14.2 Å². The van der Waals surface area contributed by atoms with Gasteiger partial charge in [-0.1, -0.05) is 0 Å². The van der Waals surface area contributed by atoms with Crippen molar-refractivity contribution in [3.63, 3.8) is 0 Å². The van der Waals surface area contributed by atoms with Crippen molar-refractivity contribution in [1.29, 1.82) is 0 Å². The van der Waals surface area contributed by atoms with Crippen LogP contribution in [0.4, 0.5) is 4.79 Å². The van der Waals surface area contributed by atoms with Gasteiger partial charge in [0.05, 0.1) is 12.6 Å². The summed E-state index contributed by atoms with van der Waals surface area (Å²) in [6.07, 6.45) is 10.1. The van der Waals surface area contributed by atoms with E-state index in [9.17, 15) is 4.79 Å². The molecule has 6 fully saturated rings. The number of hydrazine groups is 2. The van der Waals surface area contributed by atoms with Gasteiger partial charge in [-0.3, -0.25) is 5.43 Å². The molecule has 6 aliphatic rings. The van der Waals surface area contributed by atoms with E-state index in [1.54, 1.807) is 0 Å². The lowest BCUT2D eigenvalue weighted by atomic mass is 9.78. The molecular weight excluding hydrogens is 410 g/mol. The van der Waals surface area contributed by atoms with E-state index in [0.29, 0.717) is 23.9 Å². The van der Waals surface area contributed by atoms with Gasteiger partial charge in [-0.25, -0.2) is 20.7 Å². The largest absolute Gasteiger partial charge is 0.446 e. The molecule has 0 aromatic rings. The highest BCUT2D eigenvalue weighted by Gasteiger charge is 2.46. The summed E-state index contributed by atoms with van der Waals surface area (Å²) < 4.78 is 17.7. The Morgan fingerprint density at radius 3 is 2.41 bits per heavy atom. The third-order valence-electron chi connectivity index (χ3n) is 8.82. The fraction of sp³-hybridized carbons (Fsp3) is 0.957. The van der Waals surface area contributed by atoms with Crippen LogP contribution >= 0.6 is 0 Å². The van der Waals surface area contributed by atoms with Crippen molar-refractivity contribution in [2.45, 2.75) is 88.4 Å². The minimum Gasteiger partial charge on any atom is -0.446 e. The number of carbonyl (C=O) groups is 1. The Hall–Kier alpha value is -0.970. The van der Waals surface area contributed by atoms with Gasteiger partial charge in [0.25, 0.3) is 0 Å². The van der Waals surface area contributed by atoms with Crippen LogP contribution in [0.15, 0.2) is 0 Å². The van der Waals surface area contributed by atoms with Gasteiger partial charge < -0.3 is 19.1 Å². The third kappa shape index (κ3) is 4.28. The lowest BCUT2D eigenvalue weighted by molar-refractivity contribution is -0.0568. The summed E-state index contributed by atoms with van der Waals surface area (Å²) in [5.41, 5.74) is 10.6. The van der Waals surface area contributed by atoms with Crippen LogP contribution in [-0.4, -0.2) is 79.5 Å². The molecule has 9 heteroatoms. The molecule has 0 aromatic heterocycles. The first kappa shape index (κ1) is 21.6. The zero-order chi connectivity index (χ0) is 21.5. The molecule has 2 aliphatic carbocycles. The van der Waals surface area contributed by atoms with Crippen molar-refractivity contribution < 1.29 is 19.0 Å². The van der Waals surface area contributed by atoms with Crippen molar-refractivity contribution >= 4 is 6.09 Å². The molecule has 4 saturated heterocycles. The molecule has 6 unspecified atom stereocenters. The molecule has 3 N–H and O–H groups in total. The van der Waals surface area contributed by atoms with Gasteiger partial charge in [-0.05, 0) is 63.7 Å². The van der Waals surface area contributed by atoms with E-state index < -0.39 is 0 Å². The maximum absolute atomic E-state index is 12.3.